The fourth-order valence-electron chi connectivity index (χ4n) is 1.34. The number of rotatable bonds is 7. The summed E-state index contributed by atoms with van der Waals surface area (Å²) < 4.78 is 4.79. The summed E-state index contributed by atoms with van der Waals surface area (Å²) >= 11 is 0. The van der Waals surface area contributed by atoms with Crippen LogP contribution in [0.2, 0.25) is 0 Å². The molecule has 0 amide bonds. The molecule has 2 N–H and O–H groups in total. The Labute approximate surface area is 108 Å². The average molecular weight is 270 g/mol. The van der Waals surface area contributed by atoms with E-state index >= 15 is 0 Å². The number of methoxy groups -OCH3 is 1. The van der Waals surface area contributed by atoms with E-state index in [-0.39, 0.29) is 23.9 Å². The van der Waals surface area contributed by atoms with Crippen LogP contribution in [-0.4, -0.2) is 39.6 Å². The van der Waals surface area contributed by atoms with Crippen LogP contribution in [0.3, 0.4) is 0 Å². The number of ether oxygens (including phenoxy) is 1. The van der Waals surface area contributed by atoms with Gasteiger partial charge in [-0.2, -0.15) is 4.98 Å². The molecule has 19 heavy (non-hydrogen) atoms. The van der Waals surface area contributed by atoms with Crippen molar-refractivity contribution in [2.75, 3.05) is 19.0 Å². The van der Waals surface area contributed by atoms with Crippen LogP contribution in [0.4, 0.5) is 11.5 Å². The fourth-order valence-corrected chi connectivity index (χ4v) is 1.34. The Bertz CT molecular complexity index is 479. The number of hydrogen-bond acceptors (Lipinski definition) is 7. The normalized spacial score (nSPS) is 11.7. The van der Waals surface area contributed by atoms with Crippen molar-refractivity contribution in [2.45, 2.75) is 13.3 Å². The smallest absolute Gasteiger partial charge is 0.372 e. The second kappa shape index (κ2) is 6.47. The quantitative estimate of drug-likeness (QED) is 0.552. The van der Waals surface area contributed by atoms with Gasteiger partial charge >= 0.3 is 11.7 Å². The summed E-state index contributed by atoms with van der Waals surface area (Å²) in [6.45, 7) is 1.80. The van der Waals surface area contributed by atoms with Crippen LogP contribution >= 0.6 is 0 Å². The number of carbonyl (C=O) groups is 1. The lowest BCUT2D eigenvalue weighted by molar-refractivity contribution is -0.385. The number of nitro groups is 1. The van der Waals surface area contributed by atoms with Crippen LogP contribution < -0.4 is 10.1 Å². The molecular formula is C10H14N4O5. The molecule has 1 rings (SSSR count). The topological polar surface area (TPSA) is 127 Å². The van der Waals surface area contributed by atoms with Gasteiger partial charge in [0.25, 0.3) is 5.88 Å². The van der Waals surface area contributed by atoms with E-state index < -0.39 is 16.8 Å². The SMILES string of the molecule is COc1ncnc(NCCC(C)C(=O)O)c1[N+](=O)[O-]. The van der Waals surface area contributed by atoms with Crippen LogP contribution in [-0.2, 0) is 4.79 Å². The summed E-state index contributed by atoms with van der Waals surface area (Å²) in [6.07, 6.45) is 1.45. The summed E-state index contributed by atoms with van der Waals surface area (Å²) in [6, 6.07) is 0. The van der Waals surface area contributed by atoms with Gasteiger partial charge in [0.15, 0.2) is 0 Å². The molecular weight excluding hydrogens is 256 g/mol. The van der Waals surface area contributed by atoms with Crippen molar-refractivity contribution in [1.82, 2.24) is 9.97 Å². The predicted octanol–water partition coefficient (Wildman–Crippen LogP) is 0.916. The van der Waals surface area contributed by atoms with E-state index in [1.165, 1.54) is 7.11 Å². The van der Waals surface area contributed by atoms with E-state index in [0.717, 1.165) is 6.33 Å². The van der Waals surface area contributed by atoms with E-state index in [0.29, 0.717) is 6.42 Å². The first-order valence-electron chi connectivity index (χ1n) is 5.47. The van der Waals surface area contributed by atoms with Crippen LogP contribution in [0.5, 0.6) is 5.88 Å². The maximum atomic E-state index is 10.9. The molecule has 104 valence electrons. The van der Waals surface area contributed by atoms with Gasteiger partial charge in [-0.05, 0) is 6.42 Å². The lowest BCUT2D eigenvalue weighted by atomic mass is 10.1. The van der Waals surface area contributed by atoms with E-state index in [2.05, 4.69) is 15.3 Å². The second-order valence-electron chi connectivity index (χ2n) is 3.79. The third kappa shape index (κ3) is 3.76. The minimum Gasteiger partial charge on any atom is -0.481 e. The lowest BCUT2D eigenvalue weighted by Crippen LogP contribution is -2.15. The zero-order chi connectivity index (χ0) is 14.4. The Balaban J connectivity index is 2.78. The van der Waals surface area contributed by atoms with Crippen LogP contribution in [0, 0.1) is 16.0 Å². The van der Waals surface area contributed by atoms with Crippen molar-refractivity contribution >= 4 is 17.5 Å². The second-order valence-corrected chi connectivity index (χ2v) is 3.79. The average Bonchev–Trinajstić information content (AvgIpc) is 2.37. The minimum absolute atomic E-state index is 0.00874. The fraction of sp³-hybridized carbons (Fsp3) is 0.500. The standard InChI is InChI=1S/C10H14N4O5/c1-6(10(15)16)3-4-11-8-7(14(17)18)9(19-2)13-5-12-8/h5-6H,3-4H2,1-2H3,(H,15,16)(H,11,12,13). The molecule has 0 saturated heterocycles. The molecule has 0 radical (unpaired) electrons. The van der Waals surface area contributed by atoms with Crippen molar-refractivity contribution in [3.05, 3.63) is 16.4 Å². The van der Waals surface area contributed by atoms with E-state index in [1.54, 1.807) is 6.92 Å². The highest BCUT2D eigenvalue weighted by Gasteiger charge is 2.23. The van der Waals surface area contributed by atoms with Gasteiger partial charge in [-0.15, -0.1) is 0 Å². The molecule has 0 aliphatic carbocycles. The van der Waals surface area contributed by atoms with Gasteiger partial charge in [-0.1, -0.05) is 6.92 Å². The molecule has 0 fully saturated rings. The van der Waals surface area contributed by atoms with E-state index in [4.69, 9.17) is 9.84 Å². The van der Waals surface area contributed by atoms with Crippen LogP contribution in [0.1, 0.15) is 13.3 Å². The van der Waals surface area contributed by atoms with Gasteiger partial charge in [-0.25, -0.2) is 4.98 Å². The first kappa shape index (κ1) is 14.6. The molecule has 9 nitrogen and oxygen atoms in total. The highest BCUT2D eigenvalue weighted by Crippen LogP contribution is 2.30. The van der Waals surface area contributed by atoms with Crippen molar-refractivity contribution < 1.29 is 19.6 Å². The van der Waals surface area contributed by atoms with Gasteiger partial charge in [0.2, 0.25) is 5.82 Å². The van der Waals surface area contributed by atoms with Gasteiger partial charge in [-0.3, -0.25) is 14.9 Å². The first-order valence-corrected chi connectivity index (χ1v) is 5.47. The number of nitrogens with one attached hydrogen (secondary N) is 1. The molecule has 0 saturated carbocycles. The third-order valence-electron chi connectivity index (χ3n) is 2.46. The van der Waals surface area contributed by atoms with E-state index in [9.17, 15) is 14.9 Å². The lowest BCUT2D eigenvalue weighted by Gasteiger charge is -2.09. The number of anilines is 1. The van der Waals surface area contributed by atoms with Crippen LogP contribution in [0.25, 0.3) is 0 Å². The number of aliphatic carboxylic acids is 1. The van der Waals surface area contributed by atoms with Gasteiger partial charge in [0, 0.05) is 6.54 Å². The van der Waals surface area contributed by atoms with Crippen molar-refractivity contribution in [3.8, 4) is 5.88 Å². The highest BCUT2D eigenvalue weighted by atomic mass is 16.6. The molecule has 0 aliphatic rings. The molecule has 1 aromatic rings. The Morgan fingerprint density at radius 1 is 1.63 bits per heavy atom. The Morgan fingerprint density at radius 3 is 2.84 bits per heavy atom. The molecule has 0 bridgehead atoms. The first-order chi connectivity index (χ1) is 8.97. The largest absolute Gasteiger partial charge is 0.481 e. The highest BCUT2D eigenvalue weighted by molar-refractivity contribution is 5.69. The molecule has 1 heterocycles. The molecule has 1 atom stereocenters. The van der Waals surface area contributed by atoms with Crippen molar-refractivity contribution in [1.29, 1.82) is 0 Å². The van der Waals surface area contributed by atoms with Crippen LogP contribution in [0.15, 0.2) is 6.33 Å². The number of carboxylic acid groups (broad SMARTS) is 1. The number of carboxylic acids is 1. The maximum Gasteiger partial charge on any atom is 0.372 e. The van der Waals surface area contributed by atoms with E-state index in [1.807, 2.05) is 0 Å². The maximum absolute atomic E-state index is 10.9. The summed E-state index contributed by atoms with van der Waals surface area (Å²) in [4.78, 5) is 28.3. The summed E-state index contributed by atoms with van der Waals surface area (Å²) in [5, 5.41) is 22.4. The van der Waals surface area contributed by atoms with Gasteiger partial charge in [0.1, 0.15) is 6.33 Å². The monoisotopic (exact) mass is 270 g/mol. The molecule has 0 spiro atoms. The summed E-state index contributed by atoms with van der Waals surface area (Å²) in [5.74, 6) is -1.60. The zero-order valence-electron chi connectivity index (χ0n) is 10.5. The Morgan fingerprint density at radius 2 is 2.32 bits per heavy atom. The Kier molecular flexibility index (Phi) is 4.98. The number of aromatic nitrogens is 2. The van der Waals surface area contributed by atoms with Crippen molar-refractivity contribution in [3.63, 3.8) is 0 Å². The Hall–Kier alpha value is -2.45. The predicted molar refractivity (Wildman–Crippen MR) is 65.1 cm³/mol. The molecule has 1 unspecified atom stereocenters. The third-order valence-corrected chi connectivity index (χ3v) is 2.46. The van der Waals surface area contributed by atoms with Gasteiger partial charge in [0.05, 0.1) is 18.0 Å². The molecule has 1 aromatic heterocycles. The number of nitrogens with zero attached hydrogens (tertiary/aromatic N) is 3. The van der Waals surface area contributed by atoms with Crippen molar-refractivity contribution in [2.24, 2.45) is 5.92 Å². The summed E-state index contributed by atoms with van der Waals surface area (Å²) in [7, 11) is 1.27. The molecule has 0 aromatic carbocycles. The molecule has 0 aliphatic heterocycles. The number of hydrogen-bond donors (Lipinski definition) is 2. The zero-order valence-corrected chi connectivity index (χ0v) is 10.5. The van der Waals surface area contributed by atoms with Gasteiger partial charge < -0.3 is 15.2 Å². The summed E-state index contributed by atoms with van der Waals surface area (Å²) in [5.41, 5.74) is -0.368. The molecule has 9 heteroatoms. The minimum atomic E-state index is -0.920.